The number of hydrogen-bond donors (Lipinski definition) is 0. The van der Waals surface area contributed by atoms with Gasteiger partial charge in [0.05, 0.1) is 16.6 Å². The minimum Gasteiger partial charge on any atom is -0.431 e. The Balaban J connectivity index is 1.87. The summed E-state index contributed by atoms with van der Waals surface area (Å²) in [7, 11) is 0. The maximum Gasteiger partial charge on any atom is 0.417 e. The van der Waals surface area contributed by atoms with E-state index >= 15 is 0 Å². The Labute approximate surface area is 172 Å². The molecule has 2 aliphatic heterocycles. The average Bonchev–Trinajstić information content (AvgIpc) is 3.00. The molecule has 2 heterocycles. The highest BCUT2D eigenvalue weighted by Crippen LogP contribution is 2.51. The molecule has 0 bridgehead atoms. The van der Waals surface area contributed by atoms with Gasteiger partial charge in [-0.3, -0.25) is 4.99 Å². The van der Waals surface area contributed by atoms with Crippen molar-refractivity contribution in [3.05, 3.63) is 57.2 Å². The molecule has 1 aromatic carbocycles. The van der Waals surface area contributed by atoms with Gasteiger partial charge in [0.1, 0.15) is 17.5 Å². The highest BCUT2D eigenvalue weighted by atomic mass is 79.9. The Bertz CT molecular complexity index is 989. The summed E-state index contributed by atoms with van der Waals surface area (Å²) in [5, 5.41) is 0. The Morgan fingerprint density at radius 2 is 1.93 bits per heavy atom. The van der Waals surface area contributed by atoms with Crippen LogP contribution in [0.3, 0.4) is 0 Å². The van der Waals surface area contributed by atoms with Crippen molar-refractivity contribution in [3.8, 4) is 0 Å². The largest absolute Gasteiger partial charge is 0.431 e. The van der Waals surface area contributed by atoms with E-state index in [0.717, 1.165) is 4.90 Å². The summed E-state index contributed by atoms with van der Waals surface area (Å²) in [4.78, 5) is 5.05. The van der Waals surface area contributed by atoms with Crippen molar-refractivity contribution in [1.29, 1.82) is 0 Å². The molecule has 1 aliphatic carbocycles. The Hall–Kier alpha value is -2.11. The molecule has 30 heavy (non-hydrogen) atoms. The summed E-state index contributed by atoms with van der Waals surface area (Å²) in [6, 6.07) is 2.53. The molecule has 4 rings (SSSR count). The molecular formula is C18H11BrF8N2O. The first-order valence-electron chi connectivity index (χ1n) is 8.52. The monoisotopic (exact) mass is 502 g/mol. The first-order valence-corrected chi connectivity index (χ1v) is 9.31. The molecule has 3 atom stereocenters. The molecular weight excluding hydrogens is 492 g/mol. The van der Waals surface area contributed by atoms with Gasteiger partial charge < -0.3 is 9.64 Å². The zero-order valence-electron chi connectivity index (χ0n) is 14.7. The van der Waals surface area contributed by atoms with Gasteiger partial charge in [0.2, 0.25) is 0 Å². The van der Waals surface area contributed by atoms with E-state index in [1.807, 2.05) is 0 Å². The smallest absolute Gasteiger partial charge is 0.417 e. The van der Waals surface area contributed by atoms with Crippen LogP contribution in [0.25, 0.3) is 0 Å². The van der Waals surface area contributed by atoms with Crippen LogP contribution in [-0.2, 0) is 10.3 Å². The molecule has 12 heteroatoms. The maximum absolute atomic E-state index is 14.6. The second kappa shape index (κ2) is 6.96. The lowest BCUT2D eigenvalue weighted by Gasteiger charge is -2.37. The summed E-state index contributed by atoms with van der Waals surface area (Å²) in [5.74, 6) is -2.33. The van der Waals surface area contributed by atoms with Gasteiger partial charge in [-0.05, 0) is 33.6 Å². The number of ether oxygens (including phenoxy) is 1. The summed E-state index contributed by atoms with van der Waals surface area (Å²) >= 11 is 2.89. The van der Waals surface area contributed by atoms with Crippen molar-refractivity contribution in [3.63, 3.8) is 0 Å². The van der Waals surface area contributed by atoms with Crippen LogP contribution in [-0.4, -0.2) is 36.2 Å². The minimum absolute atomic E-state index is 0.0649. The van der Waals surface area contributed by atoms with Crippen molar-refractivity contribution < 1.29 is 39.9 Å². The zero-order chi connectivity index (χ0) is 22.0. The van der Waals surface area contributed by atoms with Crippen LogP contribution in [0.5, 0.6) is 0 Å². The third kappa shape index (κ3) is 3.28. The fourth-order valence-electron chi connectivity index (χ4n) is 3.93. The molecule has 162 valence electrons. The number of allylic oxidation sites excluding steroid dienone is 2. The molecule has 0 aromatic heterocycles. The number of rotatable bonds is 2. The standard InChI is InChI=1S/C18H11BrF8N2O/c19-9-2-1-8-12(13(9)21)14(22)10(20)4-17(8)6-29-5-7(18(25,26)27)3-11(15(29)28-17)30-16(23)24/h1-3,5,10,14,16H,4,6H2/t10-,14+,17+/m1/s1. The molecule has 0 saturated heterocycles. The number of benzene rings is 1. The summed E-state index contributed by atoms with van der Waals surface area (Å²) in [6.45, 7) is -3.88. The molecule has 0 unspecified atom stereocenters. The van der Waals surface area contributed by atoms with Crippen molar-refractivity contribution in [2.45, 2.75) is 37.1 Å². The van der Waals surface area contributed by atoms with E-state index in [9.17, 15) is 35.1 Å². The summed E-state index contributed by atoms with van der Waals surface area (Å²) < 4.78 is 113. The predicted molar refractivity (Wildman–Crippen MR) is 92.6 cm³/mol. The lowest BCUT2D eigenvalue weighted by atomic mass is 9.75. The molecule has 0 saturated carbocycles. The molecule has 0 radical (unpaired) electrons. The second-order valence-corrected chi connectivity index (χ2v) is 7.86. The molecule has 3 nitrogen and oxygen atoms in total. The average molecular weight is 503 g/mol. The van der Waals surface area contributed by atoms with E-state index in [0.29, 0.717) is 12.3 Å². The molecule has 1 aromatic rings. The number of alkyl halides is 7. The fourth-order valence-corrected chi connectivity index (χ4v) is 4.27. The number of halogens is 9. The van der Waals surface area contributed by atoms with E-state index in [1.54, 1.807) is 0 Å². The van der Waals surface area contributed by atoms with Crippen molar-refractivity contribution >= 4 is 21.8 Å². The van der Waals surface area contributed by atoms with E-state index < -0.39 is 72.2 Å². The highest BCUT2D eigenvalue weighted by molar-refractivity contribution is 9.10. The lowest BCUT2D eigenvalue weighted by Crippen LogP contribution is -2.40. The van der Waals surface area contributed by atoms with Crippen LogP contribution >= 0.6 is 15.9 Å². The SMILES string of the molecule is Fc1c(Br)ccc2c1[C@@H](F)[C@H](F)C[C@]21CN2C=C(C(F)(F)F)C=C(OC(F)F)C2=N1. The van der Waals surface area contributed by atoms with Gasteiger partial charge in [0, 0.05) is 18.2 Å². The van der Waals surface area contributed by atoms with Crippen LogP contribution in [0.4, 0.5) is 35.1 Å². The number of nitrogens with zero attached hydrogens (tertiary/aromatic N) is 2. The summed E-state index contributed by atoms with van der Waals surface area (Å²) in [5.41, 5.74) is -3.64. The third-order valence-corrected chi connectivity index (χ3v) is 5.74. The van der Waals surface area contributed by atoms with Gasteiger partial charge in [-0.2, -0.15) is 22.0 Å². The number of aliphatic imine (C=N–C) groups is 1. The van der Waals surface area contributed by atoms with Crippen LogP contribution in [0.1, 0.15) is 23.7 Å². The quantitative estimate of drug-likeness (QED) is 0.475. The molecule has 0 amide bonds. The Kier molecular flexibility index (Phi) is 4.90. The van der Waals surface area contributed by atoms with Gasteiger partial charge in [-0.15, -0.1) is 0 Å². The maximum atomic E-state index is 14.6. The highest BCUT2D eigenvalue weighted by Gasteiger charge is 2.53. The zero-order valence-corrected chi connectivity index (χ0v) is 16.2. The minimum atomic E-state index is -4.88. The van der Waals surface area contributed by atoms with Crippen LogP contribution in [0, 0.1) is 5.82 Å². The van der Waals surface area contributed by atoms with Gasteiger partial charge in [-0.25, -0.2) is 13.2 Å². The topological polar surface area (TPSA) is 24.8 Å². The molecule has 0 fully saturated rings. The van der Waals surface area contributed by atoms with Gasteiger partial charge >= 0.3 is 12.8 Å². The van der Waals surface area contributed by atoms with Crippen molar-refractivity contribution in [1.82, 2.24) is 4.90 Å². The van der Waals surface area contributed by atoms with Crippen molar-refractivity contribution in [2.24, 2.45) is 4.99 Å². The number of amidine groups is 1. The molecule has 3 aliphatic rings. The molecule has 1 spiro atoms. The van der Waals surface area contributed by atoms with Crippen LogP contribution < -0.4 is 0 Å². The van der Waals surface area contributed by atoms with Gasteiger partial charge in [-0.1, -0.05) is 6.07 Å². The third-order valence-electron chi connectivity index (χ3n) is 5.13. The molecule has 0 N–H and O–H groups in total. The van der Waals surface area contributed by atoms with Crippen molar-refractivity contribution in [2.75, 3.05) is 6.54 Å². The van der Waals surface area contributed by atoms with E-state index in [2.05, 4.69) is 25.7 Å². The van der Waals surface area contributed by atoms with E-state index in [-0.39, 0.29) is 10.0 Å². The predicted octanol–water partition coefficient (Wildman–Crippen LogP) is 5.83. The van der Waals surface area contributed by atoms with Crippen LogP contribution in [0.15, 0.2) is 45.2 Å². The number of hydrogen-bond acceptors (Lipinski definition) is 3. The first kappa shape index (κ1) is 21.1. The second-order valence-electron chi connectivity index (χ2n) is 7.01. The fraction of sp³-hybridized carbons (Fsp3) is 0.389. The first-order chi connectivity index (χ1) is 13.9. The van der Waals surface area contributed by atoms with Gasteiger partial charge in [0.15, 0.2) is 17.8 Å². The van der Waals surface area contributed by atoms with E-state index in [1.165, 1.54) is 12.1 Å². The summed E-state index contributed by atoms with van der Waals surface area (Å²) in [6.07, 6.45) is -9.03. The van der Waals surface area contributed by atoms with Crippen LogP contribution in [0.2, 0.25) is 0 Å². The Morgan fingerprint density at radius 1 is 1.23 bits per heavy atom. The van der Waals surface area contributed by atoms with Gasteiger partial charge in [0.25, 0.3) is 0 Å². The normalized spacial score (nSPS) is 28.2. The number of fused-ring (bicyclic) bond motifs is 3. The lowest BCUT2D eigenvalue weighted by molar-refractivity contribution is -0.0981. The van der Waals surface area contributed by atoms with E-state index in [4.69, 9.17) is 0 Å². The Morgan fingerprint density at radius 3 is 2.57 bits per heavy atom.